The molecule has 1 fully saturated rings. The van der Waals surface area contributed by atoms with E-state index < -0.39 is 5.82 Å². The predicted octanol–water partition coefficient (Wildman–Crippen LogP) is 8.73. The van der Waals surface area contributed by atoms with E-state index in [0.717, 1.165) is 24.3 Å². The summed E-state index contributed by atoms with van der Waals surface area (Å²) in [6, 6.07) is 13.2. The largest absolute Gasteiger partial charge is 0.508 e. The summed E-state index contributed by atoms with van der Waals surface area (Å²) in [6.45, 7) is 2.25. The number of rotatable bonds is 7. The van der Waals surface area contributed by atoms with E-state index >= 15 is 4.39 Å². The lowest BCUT2D eigenvalue weighted by molar-refractivity contribution is 0.302. The molecule has 3 aromatic rings. The van der Waals surface area contributed by atoms with Gasteiger partial charge >= 0.3 is 0 Å². The number of fused-ring (bicyclic) bond motifs is 1. The first kappa shape index (κ1) is 21.8. The number of hydrogen-bond donors (Lipinski definition) is 1. The lowest BCUT2D eigenvalue weighted by Crippen LogP contribution is -2.13. The van der Waals surface area contributed by atoms with Gasteiger partial charge in [-0.2, -0.15) is 0 Å². The van der Waals surface area contributed by atoms with Gasteiger partial charge in [-0.15, -0.1) is 0 Å². The number of benzene rings is 3. The van der Waals surface area contributed by atoms with E-state index in [1.807, 2.05) is 6.07 Å². The summed E-state index contributed by atoms with van der Waals surface area (Å²) in [5.74, 6) is 0.523. The minimum atomic E-state index is -0.455. The fourth-order valence-corrected chi connectivity index (χ4v) is 5.12. The molecule has 1 aliphatic rings. The van der Waals surface area contributed by atoms with Crippen LogP contribution in [0.4, 0.5) is 8.78 Å². The first-order chi connectivity index (χ1) is 15.0. The Morgan fingerprint density at radius 3 is 2.39 bits per heavy atom. The molecule has 3 heteroatoms. The molecule has 0 unspecified atom stereocenters. The molecule has 0 bridgehead atoms. The van der Waals surface area contributed by atoms with Gasteiger partial charge < -0.3 is 5.11 Å². The van der Waals surface area contributed by atoms with Crippen molar-refractivity contribution in [1.82, 2.24) is 0 Å². The van der Waals surface area contributed by atoms with Gasteiger partial charge in [-0.1, -0.05) is 57.2 Å². The van der Waals surface area contributed by atoms with Gasteiger partial charge in [0.15, 0.2) is 0 Å². The van der Waals surface area contributed by atoms with E-state index in [2.05, 4.69) is 6.92 Å². The average molecular weight is 423 g/mol. The fraction of sp³-hybridized carbons (Fsp3) is 0.429. The SMILES string of the molecule is CCCCCCC1CCC(c2ccc(-c3cc(F)c4cc(O)ccc4c3)c(F)c2)CC1. The van der Waals surface area contributed by atoms with Crippen molar-refractivity contribution >= 4 is 10.8 Å². The average Bonchev–Trinajstić information content (AvgIpc) is 2.77. The summed E-state index contributed by atoms with van der Waals surface area (Å²) < 4.78 is 29.6. The number of phenols is 1. The van der Waals surface area contributed by atoms with Crippen molar-refractivity contribution in [2.75, 3.05) is 0 Å². The van der Waals surface area contributed by atoms with Crippen LogP contribution in [0.1, 0.15) is 76.2 Å². The molecule has 0 spiro atoms. The van der Waals surface area contributed by atoms with E-state index in [9.17, 15) is 9.50 Å². The fourth-order valence-electron chi connectivity index (χ4n) is 5.12. The van der Waals surface area contributed by atoms with Gasteiger partial charge in [0, 0.05) is 10.9 Å². The highest BCUT2D eigenvalue weighted by Crippen LogP contribution is 2.39. The van der Waals surface area contributed by atoms with Crippen molar-refractivity contribution in [3.63, 3.8) is 0 Å². The lowest BCUT2D eigenvalue weighted by atomic mass is 9.77. The third kappa shape index (κ3) is 5.08. The van der Waals surface area contributed by atoms with Crippen LogP contribution in [0.15, 0.2) is 48.5 Å². The second-order valence-corrected chi connectivity index (χ2v) is 9.17. The molecule has 0 atom stereocenters. The summed E-state index contributed by atoms with van der Waals surface area (Å²) in [7, 11) is 0. The van der Waals surface area contributed by atoms with Crippen LogP contribution in [-0.4, -0.2) is 5.11 Å². The molecule has 31 heavy (non-hydrogen) atoms. The predicted molar refractivity (Wildman–Crippen MR) is 124 cm³/mol. The monoisotopic (exact) mass is 422 g/mol. The van der Waals surface area contributed by atoms with Crippen LogP contribution in [0.2, 0.25) is 0 Å². The number of unbranched alkanes of at least 4 members (excludes halogenated alkanes) is 3. The third-order valence-electron chi connectivity index (χ3n) is 6.98. The highest BCUT2D eigenvalue weighted by molar-refractivity contribution is 5.89. The van der Waals surface area contributed by atoms with Crippen LogP contribution in [0.5, 0.6) is 5.75 Å². The molecule has 1 aliphatic carbocycles. The van der Waals surface area contributed by atoms with Crippen molar-refractivity contribution in [3.8, 4) is 16.9 Å². The van der Waals surface area contributed by atoms with Crippen LogP contribution in [0.25, 0.3) is 21.9 Å². The molecule has 164 valence electrons. The summed E-state index contributed by atoms with van der Waals surface area (Å²) in [5, 5.41) is 10.6. The number of halogens is 2. The van der Waals surface area contributed by atoms with Gasteiger partial charge in [-0.25, -0.2) is 8.78 Å². The van der Waals surface area contributed by atoms with E-state index in [1.54, 1.807) is 24.3 Å². The van der Waals surface area contributed by atoms with E-state index in [1.165, 1.54) is 63.1 Å². The van der Waals surface area contributed by atoms with E-state index in [4.69, 9.17) is 0 Å². The van der Waals surface area contributed by atoms with Crippen LogP contribution in [0, 0.1) is 17.6 Å². The normalized spacial score (nSPS) is 19.1. The maximum atomic E-state index is 15.0. The topological polar surface area (TPSA) is 20.2 Å². The Bertz CT molecular complexity index is 1030. The van der Waals surface area contributed by atoms with Crippen molar-refractivity contribution in [2.45, 2.75) is 70.6 Å². The van der Waals surface area contributed by atoms with Crippen LogP contribution < -0.4 is 0 Å². The van der Waals surface area contributed by atoms with Gasteiger partial charge in [-0.3, -0.25) is 0 Å². The van der Waals surface area contributed by atoms with Gasteiger partial charge in [-0.05, 0) is 84.4 Å². The molecule has 0 amide bonds. The summed E-state index contributed by atoms with van der Waals surface area (Å²) in [5.41, 5.74) is 2.01. The zero-order valence-electron chi connectivity index (χ0n) is 18.3. The maximum absolute atomic E-state index is 15.0. The van der Waals surface area contributed by atoms with Crippen LogP contribution >= 0.6 is 0 Å². The van der Waals surface area contributed by atoms with Crippen molar-refractivity contribution < 1.29 is 13.9 Å². The van der Waals surface area contributed by atoms with Crippen molar-refractivity contribution in [1.29, 1.82) is 0 Å². The summed E-state index contributed by atoms with van der Waals surface area (Å²) in [6.07, 6.45) is 11.4. The van der Waals surface area contributed by atoms with Gasteiger partial charge in [0.05, 0.1) is 0 Å². The highest BCUT2D eigenvalue weighted by Gasteiger charge is 2.23. The van der Waals surface area contributed by atoms with Crippen LogP contribution in [-0.2, 0) is 0 Å². The van der Waals surface area contributed by atoms with Gasteiger partial charge in [0.1, 0.15) is 17.4 Å². The zero-order chi connectivity index (χ0) is 21.8. The summed E-state index contributed by atoms with van der Waals surface area (Å²) >= 11 is 0. The van der Waals surface area contributed by atoms with E-state index in [-0.39, 0.29) is 11.6 Å². The molecule has 0 aromatic heterocycles. The Morgan fingerprint density at radius 1 is 0.839 bits per heavy atom. The highest BCUT2D eigenvalue weighted by atomic mass is 19.1. The van der Waals surface area contributed by atoms with Crippen molar-refractivity contribution in [3.05, 3.63) is 65.7 Å². The Hall–Kier alpha value is -2.42. The second-order valence-electron chi connectivity index (χ2n) is 9.17. The molecular formula is C28H32F2O. The molecule has 0 aliphatic heterocycles. The molecule has 4 rings (SSSR count). The molecule has 0 heterocycles. The number of aromatic hydroxyl groups is 1. The van der Waals surface area contributed by atoms with E-state index in [0.29, 0.717) is 27.8 Å². The molecule has 0 saturated heterocycles. The zero-order valence-corrected chi connectivity index (χ0v) is 18.3. The second kappa shape index (κ2) is 9.80. The number of hydrogen-bond acceptors (Lipinski definition) is 1. The number of phenolic OH excluding ortho intramolecular Hbond substituents is 1. The van der Waals surface area contributed by atoms with Gasteiger partial charge in [0.2, 0.25) is 0 Å². The van der Waals surface area contributed by atoms with Gasteiger partial charge in [0.25, 0.3) is 0 Å². The third-order valence-corrected chi connectivity index (χ3v) is 6.98. The molecule has 3 aromatic carbocycles. The molecule has 1 saturated carbocycles. The lowest BCUT2D eigenvalue weighted by Gasteiger charge is -2.29. The first-order valence-corrected chi connectivity index (χ1v) is 11.8. The smallest absolute Gasteiger partial charge is 0.131 e. The Morgan fingerprint density at radius 2 is 1.65 bits per heavy atom. The Labute approximate surface area is 184 Å². The minimum absolute atomic E-state index is 0.0189. The first-order valence-electron chi connectivity index (χ1n) is 11.8. The molecule has 0 radical (unpaired) electrons. The summed E-state index contributed by atoms with van der Waals surface area (Å²) in [4.78, 5) is 0. The standard InChI is InChI=1S/C28H32F2O/c1-2-3-4-5-6-19-7-9-20(10-8-19)21-12-14-25(27(29)16-21)23-15-22-11-13-24(31)18-26(22)28(30)17-23/h11-20,31H,2-10H2,1H3. The molecular weight excluding hydrogens is 390 g/mol. The van der Waals surface area contributed by atoms with Crippen molar-refractivity contribution in [2.24, 2.45) is 5.92 Å². The molecule has 1 nitrogen and oxygen atoms in total. The Balaban J connectivity index is 1.46. The van der Waals surface area contributed by atoms with Crippen LogP contribution in [0.3, 0.4) is 0 Å². The quantitative estimate of drug-likeness (QED) is 0.377. The minimum Gasteiger partial charge on any atom is -0.508 e. The maximum Gasteiger partial charge on any atom is 0.131 e. The Kier molecular flexibility index (Phi) is 6.89. The molecule has 1 N–H and O–H groups in total.